The average Bonchev–Trinajstić information content (AvgIpc) is 2.45. The minimum atomic E-state index is -1.01. The van der Waals surface area contributed by atoms with Crippen LogP contribution in [0.4, 0.5) is 0 Å². The number of aliphatic carboxylic acids is 1. The van der Waals surface area contributed by atoms with E-state index in [9.17, 15) is 9.59 Å². The van der Waals surface area contributed by atoms with Crippen molar-refractivity contribution in [3.05, 3.63) is 0 Å². The summed E-state index contributed by atoms with van der Waals surface area (Å²) in [5.41, 5.74) is 5.63. The van der Waals surface area contributed by atoms with Crippen LogP contribution in [-0.2, 0) is 9.59 Å². The van der Waals surface area contributed by atoms with Crippen molar-refractivity contribution in [2.75, 3.05) is 6.54 Å². The van der Waals surface area contributed by atoms with E-state index in [1.165, 1.54) is 4.90 Å². The van der Waals surface area contributed by atoms with Crippen molar-refractivity contribution in [3.63, 3.8) is 0 Å². The molecular weight excluding hydrogens is 184 g/mol. The molecule has 2 unspecified atom stereocenters. The highest BCUT2D eigenvalue weighted by atomic mass is 16.4. The maximum absolute atomic E-state index is 11.6. The lowest BCUT2D eigenvalue weighted by molar-refractivity contribution is -0.149. The van der Waals surface area contributed by atoms with Gasteiger partial charge in [0, 0.05) is 18.5 Å². The number of hydrogen-bond donors (Lipinski definition) is 2. The Bertz CT molecular complexity index is 252. The van der Waals surface area contributed by atoms with Crippen molar-refractivity contribution in [1.29, 1.82) is 0 Å². The maximum atomic E-state index is 11.6. The summed E-state index contributed by atoms with van der Waals surface area (Å²) in [6.45, 7) is 3.96. The number of carboxylic acid groups (broad SMARTS) is 1. The average molecular weight is 200 g/mol. The first-order chi connectivity index (χ1) is 6.45. The molecule has 0 aromatic rings. The van der Waals surface area contributed by atoms with Crippen LogP contribution in [0.3, 0.4) is 0 Å². The third-order valence-electron chi connectivity index (χ3n) is 2.47. The van der Waals surface area contributed by atoms with Crippen LogP contribution in [0.1, 0.15) is 20.3 Å². The summed E-state index contributed by atoms with van der Waals surface area (Å²) in [5.74, 6) is -1.32. The molecule has 3 N–H and O–H groups in total. The number of hydrogen-bond acceptors (Lipinski definition) is 3. The predicted octanol–water partition coefficient (Wildman–Crippen LogP) is -0.345. The Balaban J connectivity index is 2.79. The first-order valence-electron chi connectivity index (χ1n) is 4.74. The molecule has 1 fully saturated rings. The van der Waals surface area contributed by atoms with Crippen LogP contribution < -0.4 is 5.73 Å². The smallest absolute Gasteiger partial charge is 0.328 e. The lowest BCUT2D eigenvalue weighted by atomic mass is 10.1. The third-order valence-corrected chi connectivity index (χ3v) is 2.47. The highest BCUT2D eigenvalue weighted by Gasteiger charge is 2.40. The van der Waals surface area contributed by atoms with Crippen molar-refractivity contribution >= 4 is 11.9 Å². The summed E-state index contributed by atoms with van der Waals surface area (Å²) >= 11 is 0. The van der Waals surface area contributed by atoms with E-state index in [1.54, 1.807) is 13.8 Å². The number of rotatable bonds is 2. The molecule has 5 nitrogen and oxygen atoms in total. The summed E-state index contributed by atoms with van der Waals surface area (Å²) in [6, 6.07) is -1.28. The molecule has 0 bridgehead atoms. The number of likely N-dealkylation sites (tertiary alicyclic amines) is 1. The van der Waals surface area contributed by atoms with Gasteiger partial charge in [-0.15, -0.1) is 0 Å². The Morgan fingerprint density at radius 3 is 2.50 bits per heavy atom. The molecule has 0 radical (unpaired) electrons. The zero-order valence-corrected chi connectivity index (χ0v) is 8.43. The molecule has 2 atom stereocenters. The van der Waals surface area contributed by atoms with Gasteiger partial charge in [0.15, 0.2) is 0 Å². The van der Waals surface area contributed by atoms with Gasteiger partial charge in [-0.3, -0.25) is 4.79 Å². The van der Waals surface area contributed by atoms with Gasteiger partial charge in [0.1, 0.15) is 6.04 Å². The number of nitrogens with zero attached hydrogens (tertiary/aromatic N) is 1. The van der Waals surface area contributed by atoms with Gasteiger partial charge in [-0.2, -0.15) is 0 Å². The zero-order chi connectivity index (χ0) is 10.9. The van der Waals surface area contributed by atoms with Crippen molar-refractivity contribution in [3.8, 4) is 0 Å². The number of nitrogens with two attached hydrogens (primary N) is 1. The van der Waals surface area contributed by atoms with Crippen LogP contribution >= 0.6 is 0 Å². The van der Waals surface area contributed by atoms with Gasteiger partial charge in [0.25, 0.3) is 0 Å². The predicted molar refractivity (Wildman–Crippen MR) is 50.6 cm³/mol. The van der Waals surface area contributed by atoms with E-state index >= 15 is 0 Å². The largest absolute Gasteiger partial charge is 0.480 e. The van der Waals surface area contributed by atoms with Crippen LogP contribution in [0.2, 0.25) is 0 Å². The molecule has 0 saturated carbocycles. The second kappa shape index (κ2) is 3.96. The molecule has 0 aromatic heterocycles. The molecule has 5 heteroatoms. The second-order valence-corrected chi connectivity index (χ2v) is 3.92. The van der Waals surface area contributed by atoms with Crippen molar-refractivity contribution in [1.82, 2.24) is 4.90 Å². The van der Waals surface area contributed by atoms with Crippen LogP contribution in [0.15, 0.2) is 0 Å². The van der Waals surface area contributed by atoms with Gasteiger partial charge < -0.3 is 15.7 Å². The fourth-order valence-corrected chi connectivity index (χ4v) is 1.71. The fourth-order valence-electron chi connectivity index (χ4n) is 1.71. The molecule has 80 valence electrons. The molecule has 0 aliphatic carbocycles. The van der Waals surface area contributed by atoms with E-state index in [0.29, 0.717) is 13.0 Å². The normalized spacial score (nSPS) is 27.0. The van der Waals surface area contributed by atoms with Gasteiger partial charge in [-0.25, -0.2) is 4.79 Å². The molecule has 1 saturated heterocycles. The van der Waals surface area contributed by atoms with E-state index in [0.717, 1.165) is 0 Å². The molecule has 14 heavy (non-hydrogen) atoms. The van der Waals surface area contributed by atoms with Crippen LogP contribution in [-0.4, -0.2) is 40.5 Å². The SMILES string of the molecule is CC(C)C(=O)N1CCC(N)C1C(=O)O. The molecule has 1 rings (SSSR count). The van der Waals surface area contributed by atoms with Crippen LogP contribution in [0.25, 0.3) is 0 Å². The third kappa shape index (κ3) is 1.87. The Hall–Kier alpha value is -1.10. The van der Waals surface area contributed by atoms with Crippen molar-refractivity contribution < 1.29 is 14.7 Å². The van der Waals surface area contributed by atoms with Crippen molar-refractivity contribution in [2.24, 2.45) is 11.7 Å². The fraction of sp³-hybridized carbons (Fsp3) is 0.778. The van der Waals surface area contributed by atoms with E-state index in [1.807, 2.05) is 0 Å². The summed E-state index contributed by atoms with van der Waals surface area (Å²) in [6.07, 6.45) is 0.565. The number of carbonyl (C=O) groups is 2. The highest BCUT2D eigenvalue weighted by molar-refractivity contribution is 5.85. The summed E-state index contributed by atoms with van der Waals surface area (Å²) < 4.78 is 0. The summed E-state index contributed by atoms with van der Waals surface area (Å²) in [4.78, 5) is 23.9. The number of carbonyl (C=O) groups excluding carboxylic acids is 1. The van der Waals surface area contributed by atoms with Gasteiger partial charge in [-0.05, 0) is 6.42 Å². The highest BCUT2D eigenvalue weighted by Crippen LogP contribution is 2.19. The Labute approximate surface area is 82.9 Å². The Morgan fingerprint density at radius 1 is 1.50 bits per heavy atom. The topological polar surface area (TPSA) is 83.6 Å². The Morgan fingerprint density at radius 2 is 2.07 bits per heavy atom. The minimum Gasteiger partial charge on any atom is -0.480 e. The van der Waals surface area contributed by atoms with Crippen LogP contribution in [0.5, 0.6) is 0 Å². The molecule has 1 aliphatic rings. The first kappa shape index (κ1) is 11.0. The molecule has 1 aliphatic heterocycles. The van der Waals surface area contributed by atoms with E-state index in [4.69, 9.17) is 10.8 Å². The lowest BCUT2D eigenvalue weighted by Crippen LogP contribution is -2.48. The van der Waals surface area contributed by atoms with Gasteiger partial charge in [0.2, 0.25) is 5.91 Å². The first-order valence-corrected chi connectivity index (χ1v) is 4.74. The van der Waals surface area contributed by atoms with Crippen molar-refractivity contribution in [2.45, 2.75) is 32.4 Å². The summed E-state index contributed by atoms with van der Waals surface area (Å²) in [5, 5.41) is 8.91. The van der Waals surface area contributed by atoms with Gasteiger partial charge >= 0.3 is 5.97 Å². The number of carboxylic acids is 1. The van der Waals surface area contributed by atoms with E-state index in [2.05, 4.69) is 0 Å². The standard InChI is InChI=1S/C9H16N2O3/c1-5(2)8(12)11-4-3-6(10)7(11)9(13)14/h5-7H,3-4,10H2,1-2H3,(H,13,14). The monoisotopic (exact) mass is 200 g/mol. The molecule has 1 heterocycles. The van der Waals surface area contributed by atoms with Gasteiger partial charge in [0.05, 0.1) is 0 Å². The van der Waals surface area contributed by atoms with Crippen LogP contribution in [0, 0.1) is 5.92 Å². The second-order valence-electron chi connectivity index (χ2n) is 3.92. The number of amides is 1. The van der Waals surface area contributed by atoms with E-state index < -0.39 is 18.1 Å². The zero-order valence-electron chi connectivity index (χ0n) is 8.43. The lowest BCUT2D eigenvalue weighted by Gasteiger charge is -2.24. The molecule has 0 spiro atoms. The summed E-state index contributed by atoms with van der Waals surface area (Å²) in [7, 11) is 0. The molecular formula is C9H16N2O3. The van der Waals surface area contributed by atoms with Gasteiger partial charge in [-0.1, -0.05) is 13.8 Å². The molecule has 1 amide bonds. The maximum Gasteiger partial charge on any atom is 0.328 e. The Kier molecular flexibility index (Phi) is 3.10. The minimum absolute atomic E-state index is 0.134. The molecule has 0 aromatic carbocycles. The van der Waals surface area contributed by atoms with E-state index in [-0.39, 0.29) is 11.8 Å². The quantitative estimate of drug-likeness (QED) is 0.638.